The number of nitrogens with zero attached hydrogens (tertiary/aromatic N) is 3. The predicted octanol–water partition coefficient (Wildman–Crippen LogP) is 3.38. The van der Waals surface area contributed by atoms with Crippen molar-refractivity contribution in [2.75, 3.05) is 24.5 Å². The van der Waals surface area contributed by atoms with Crippen LogP contribution in [0, 0.1) is 6.92 Å². The summed E-state index contributed by atoms with van der Waals surface area (Å²) in [6, 6.07) is 0.0684. The summed E-state index contributed by atoms with van der Waals surface area (Å²) in [5.41, 5.74) is 0.0132. The third kappa shape index (κ3) is 4.84. The van der Waals surface area contributed by atoms with E-state index in [0.29, 0.717) is 30.5 Å². The molecule has 1 aromatic rings. The average Bonchev–Trinajstić information content (AvgIpc) is 2.80. The molecule has 2 heterocycles. The highest BCUT2D eigenvalue weighted by molar-refractivity contribution is 7.17. The van der Waals surface area contributed by atoms with Crippen LogP contribution in [0.2, 0.25) is 0 Å². The van der Waals surface area contributed by atoms with Crippen LogP contribution in [0.4, 0.5) is 9.93 Å². The molecule has 0 radical (unpaired) electrons. The lowest BCUT2D eigenvalue weighted by Crippen LogP contribution is -2.61. The van der Waals surface area contributed by atoms with Gasteiger partial charge in [0.25, 0.3) is 0 Å². The number of aromatic carboxylic acids is 1. The van der Waals surface area contributed by atoms with Crippen molar-refractivity contribution in [1.29, 1.82) is 0 Å². The molecule has 1 aromatic heterocycles. The molecule has 1 saturated heterocycles. The number of unbranched alkanes of at least 4 members (excludes halogenated alkanes) is 1. The molecule has 0 aromatic carbocycles. The van der Waals surface area contributed by atoms with Crippen molar-refractivity contribution in [3.63, 3.8) is 0 Å². The lowest BCUT2D eigenvalue weighted by Gasteiger charge is -2.45. The van der Waals surface area contributed by atoms with Gasteiger partial charge in [0.1, 0.15) is 10.5 Å². The van der Waals surface area contributed by atoms with Gasteiger partial charge < -0.3 is 19.6 Å². The Balaban J connectivity index is 2.01. The van der Waals surface area contributed by atoms with E-state index >= 15 is 0 Å². The van der Waals surface area contributed by atoms with E-state index in [1.165, 1.54) is 11.3 Å². The smallest absolute Gasteiger partial charge is 0.410 e. The highest BCUT2D eigenvalue weighted by atomic mass is 32.1. The van der Waals surface area contributed by atoms with E-state index in [1.807, 2.05) is 25.7 Å². The summed E-state index contributed by atoms with van der Waals surface area (Å²) < 4.78 is 5.53. The normalized spacial score (nSPS) is 15.0. The van der Waals surface area contributed by atoms with Gasteiger partial charge in [-0.1, -0.05) is 24.7 Å². The maximum atomic E-state index is 12.5. The van der Waals surface area contributed by atoms with E-state index in [0.717, 1.165) is 12.8 Å². The van der Waals surface area contributed by atoms with Crippen molar-refractivity contribution < 1.29 is 19.4 Å². The van der Waals surface area contributed by atoms with Crippen LogP contribution in [0.3, 0.4) is 0 Å². The minimum absolute atomic E-state index is 0.0684. The zero-order chi connectivity index (χ0) is 18.8. The second-order valence-electron chi connectivity index (χ2n) is 7.30. The molecule has 1 aliphatic rings. The Labute approximate surface area is 152 Å². The molecule has 8 heteroatoms. The molecule has 1 amide bonds. The van der Waals surface area contributed by atoms with Gasteiger partial charge in [-0.2, -0.15) is 0 Å². The number of thiazole rings is 1. The molecule has 0 aliphatic carbocycles. The molecule has 0 unspecified atom stereocenters. The number of anilines is 1. The Kier molecular flexibility index (Phi) is 5.92. The van der Waals surface area contributed by atoms with Gasteiger partial charge in [0.05, 0.1) is 11.7 Å². The Hall–Kier alpha value is -1.83. The summed E-state index contributed by atoms with van der Waals surface area (Å²) in [7, 11) is 0. The number of ether oxygens (including phenoxy) is 1. The summed E-state index contributed by atoms with van der Waals surface area (Å²) in [6.45, 7) is 11.3. The first kappa shape index (κ1) is 19.5. The molecular formula is C17H27N3O4S. The van der Waals surface area contributed by atoms with E-state index in [2.05, 4.69) is 11.9 Å². The number of rotatable bonds is 6. The number of amides is 1. The fraction of sp³-hybridized carbons (Fsp3) is 0.706. The first-order valence-corrected chi connectivity index (χ1v) is 9.39. The Morgan fingerprint density at radius 2 is 2.04 bits per heavy atom. The lowest BCUT2D eigenvalue weighted by atomic mass is 10.1. The fourth-order valence-electron chi connectivity index (χ4n) is 2.60. The third-order valence-corrected chi connectivity index (χ3v) is 5.14. The van der Waals surface area contributed by atoms with Crippen LogP contribution < -0.4 is 4.90 Å². The molecule has 25 heavy (non-hydrogen) atoms. The molecule has 0 bridgehead atoms. The lowest BCUT2D eigenvalue weighted by molar-refractivity contribution is 0.0128. The number of carbonyl (C=O) groups is 2. The number of hydrogen-bond acceptors (Lipinski definition) is 6. The number of carbonyl (C=O) groups excluding carboxylic acids is 1. The minimum Gasteiger partial charge on any atom is -0.477 e. The highest BCUT2D eigenvalue weighted by Crippen LogP contribution is 2.31. The van der Waals surface area contributed by atoms with Crippen molar-refractivity contribution in [2.24, 2.45) is 0 Å². The average molecular weight is 369 g/mol. The van der Waals surface area contributed by atoms with Gasteiger partial charge in [-0.3, -0.25) is 0 Å². The zero-order valence-electron chi connectivity index (χ0n) is 15.5. The second kappa shape index (κ2) is 7.59. The Morgan fingerprint density at radius 3 is 2.52 bits per heavy atom. The van der Waals surface area contributed by atoms with Crippen molar-refractivity contribution in [3.8, 4) is 0 Å². The van der Waals surface area contributed by atoms with Crippen LogP contribution in [0.25, 0.3) is 0 Å². The minimum atomic E-state index is -0.948. The molecular weight excluding hydrogens is 342 g/mol. The summed E-state index contributed by atoms with van der Waals surface area (Å²) in [4.78, 5) is 32.1. The number of hydrogen-bond donors (Lipinski definition) is 1. The van der Waals surface area contributed by atoms with Crippen molar-refractivity contribution in [1.82, 2.24) is 9.88 Å². The van der Waals surface area contributed by atoms with Gasteiger partial charge in [0, 0.05) is 19.6 Å². The van der Waals surface area contributed by atoms with Crippen LogP contribution >= 0.6 is 11.3 Å². The van der Waals surface area contributed by atoms with Crippen LogP contribution in [-0.2, 0) is 4.74 Å². The molecule has 1 fully saturated rings. The van der Waals surface area contributed by atoms with Crippen molar-refractivity contribution in [3.05, 3.63) is 10.6 Å². The number of aryl methyl sites for hydroxylation is 1. The van der Waals surface area contributed by atoms with E-state index in [4.69, 9.17) is 9.84 Å². The number of aromatic nitrogens is 1. The molecule has 0 atom stereocenters. The SMILES string of the molecule is CCCCN(C(=O)OC(C)(C)C)C1CN(c2nc(C)c(C(=O)O)s2)C1. The van der Waals surface area contributed by atoms with Crippen LogP contribution in [0.5, 0.6) is 0 Å². The predicted molar refractivity (Wildman–Crippen MR) is 97.7 cm³/mol. The molecule has 7 nitrogen and oxygen atoms in total. The topological polar surface area (TPSA) is 83.0 Å². The van der Waals surface area contributed by atoms with Gasteiger partial charge in [0.2, 0.25) is 0 Å². The Bertz CT molecular complexity index is 632. The van der Waals surface area contributed by atoms with Crippen molar-refractivity contribution in [2.45, 2.75) is 59.1 Å². The highest BCUT2D eigenvalue weighted by Gasteiger charge is 2.38. The van der Waals surface area contributed by atoms with Gasteiger partial charge >= 0.3 is 12.1 Å². The summed E-state index contributed by atoms with van der Waals surface area (Å²) in [5, 5.41) is 9.85. The Morgan fingerprint density at radius 1 is 1.40 bits per heavy atom. The van der Waals surface area contributed by atoms with Gasteiger partial charge in [-0.15, -0.1) is 0 Å². The molecule has 2 rings (SSSR count). The standard InChI is InChI=1S/C17H27N3O4S/c1-6-7-8-20(16(23)24-17(3,4)5)12-9-19(10-12)15-18-11(2)13(25-15)14(21)22/h12H,6-10H2,1-5H3,(H,21,22). The first-order valence-electron chi connectivity index (χ1n) is 8.57. The largest absolute Gasteiger partial charge is 0.477 e. The maximum absolute atomic E-state index is 12.5. The number of carboxylic acid groups (broad SMARTS) is 1. The summed E-state index contributed by atoms with van der Waals surface area (Å²) in [5.74, 6) is -0.948. The molecule has 140 valence electrons. The van der Waals surface area contributed by atoms with Gasteiger partial charge in [-0.05, 0) is 34.1 Å². The van der Waals surface area contributed by atoms with Gasteiger partial charge in [-0.25, -0.2) is 14.6 Å². The van der Waals surface area contributed by atoms with Gasteiger partial charge in [0.15, 0.2) is 5.13 Å². The summed E-state index contributed by atoms with van der Waals surface area (Å²) in [6.07, 6.45) is 1.64. The first-order chi connectivity index (χ1) is 11.6. The number of carboxylic acids is 1. The monoisotopic (exact) mass is 369 g/mol. The third-order valence-electron chi connectivity index (χ3n) is 3.93. The van der Waals surface area contributed by atoms with E-state index < -0.39 is 11.6 Å². The quantitative estimate of drug-likeness (QED) is 0.828. The van der Waals surface area contributed by atoms with Crippen LogP contribution in [0.1, 0.15) is 55.9 Å². The van der Waals surface area contributed by atoms with Crippen LogP contribution in [0.15, 0.2) is 0 Å². The molecule has 1 N–H and O–H groups in total. The fourth-order valence-corrected chi connectivity index (χ4v) is 3.52. The molecule has 0 spiro atoms. The maximum Gasteiger partial charge on any atom is 0.410 e. The van der Waals surface area contributed by atoms with Crippen LogP contribution in [-0.4, -0.2) is 58.3 Å². The zero-order valence-corrected chi connectivity index (χ0v) is 16.4. The van der Waals surface area contributed by atoms with E-state index in [9.17, 15) is 9.59 Å². The molecule has 0 saturated carbocycles. The second-order valence-corrected chi connectivity index (χ2v) is 8.28. The van der Waals surface area contributed by atoms with Crippen molar-refractivity contribution >= 4 is 28.5 Å². The summed E-state index contributed by atoms with van der Waals surface area (Å²) >= 11 is 1.18. The van der Waals surface area contributed by atoms with E-state index in [1.54, 1.807) is 11.8 Å². The molecule has 1 aliphatic heterocycles. The van der Waals surface area contributed by atoms with E-state index in [-0.39, 0.29) is 17.0 Å².